The number of thioether (sulfide) groups is 1. The number of hydrogen-bond acceptors (Lipinski definition) is 4. The van der Waals surface area contributed by atoms with Gasteiger partial charge in [0.05, 0.1) is 22.3 Å². The molecule has 4 nitrogen and oxygen atoms in total. The standard InChI is InChI=1S/C11H12N4S/c1-7(13-6-16-2)11-14-9-4-3-8(12)5-10(9)15-11/h3-6H,1,12H2,2H3,(H,14,15). The summed E-state index contributed by atoms with van der Waals surface area (Å²) < 4.78 is 0. The Labute approximate surface area is 97.7 Å². The SMILES string of the molecule is C=C(N=CSC)c1nc2ccc(N)cc2[nH]1. The van der Waals surface area contributed by atoms with Gasteiger partial charge >= 0.3 is 0 Å². The summed E-state index contributed by atoms with van der Waals surface area (Å²) in [7, 11) is 0. The van der Waals surface area contributed by atoms with Crippen molar-refractivity contribution >= 4 is 39.7 Å². The second kappa shape index (κ2) is 4.40. The molecule has 1 aromatic heterocycles. The maximum Gasteiger partial charge on any atom is 0.156 e. The third kappa shape index (κ3) is 2.09. The Balaban J connectivity index is 2.39. The second-order valence-electron chi connectivity index (χ2n) is 3.28. The first-order valence-electron chi connectivity index (χ1n) is 4.70. The van der Waals surface area contributed by atoms with Crippen molar-refractivity contribution in [3.05, 3.63) is 30.6 Å². The molecule has 0 fully saturated rings. The lowest BCUT2D eigenvalue weighted by Crippen LogP contribution is -1.82. The number of H-pyrrole nitrogens is 1. The van der Waals surface area contributed by atoms with Crippen LogP contribution in [0.5, 0.6) is 0 Å². The molecule has 0 aliphatic rings. The maximum atomic E-state index is 5.69. The van der Waals surface area contributed by atoms with Crippen molar-refractivity contribution in [3.63, 3.8) is 0 Å². The molecule has 1 aromatic carbocycles. The van der Waals surface area contributed by atoms with Crippen molar-refractivity contribution < 1.29 is 0 Å². The van der Waals surface area contributed by atoms with Gasteiger partial charge in [-0.2, -0.15) is 0 Å². The number of benzene rings is 1. The Morgan fingerprint density at radius 1 is 1.62 bits per heavy atom. The summed E-state index contributed by atoms with van der Waals surface area (Å²) in [5.41, 5.74) is 10.5. The molecule has 0 spiro atoms. The maximum absolute atomic E-state index is 5.69. The van der Waals surface area contributed by atoms with Crippen LogP contribution in [0, 0.1) is 0 Å². The summed E-state index contributed by atoms with van der Waals surface area (Å²) in [6.45, 7) is 3.84. The number of nitrogens with two attached hydrogens (primary N) is 1. The van der Waals surface area contributed by atoms with Crippen molar-refractivity contribution in [1.82, 2.24) is 9.97 Å². The number of nitrogens with one attached hydrogen (secondary N) is 1. The first kappa shape index (κ1) is 10.8. The largest absolute Gasteiger partial charge is 0.399 e. The Bertz CT molecular complexity index is 556. The van der Waals surface area contributed by atoms with Gasteiger partial charge in [0, 0.05) is 5.69 Å². The molecule has 2 aromatic rings. The van der Waals surface area contributed by atoms with Crippen molar-refractivity contribution in [2.75, 3.05) is 12.0 Å². The molecule has 0 bridgehead atoms. The van der Waals surface area contributed by atoms with Crippen LogP contribution in [0.3, 0.4) is 0 Å². The van der Waals surface area contributed by atoms with Crippen LogP contribution in [-0.2, 0) is 0 Å². The Hall–Kier alpha value is -1.75. The van der Waals surface area contributed by atoms with Crippen molar-refractivity contribution in [3.8, 4) is 0 Å². The van der Waals surface area contributed by atoms with Gasteiger partial charge in [0.25, 0.3) is 0 Å². The van der Waals surface area contributed by atoms with E-state index in [0.717, 1.165) is 11.0 Å². The van der Waals surface area contributed by atoms with Gasteiger partial charge in [-0.05, 0) is 24.5 Å². The summed E-state index contributed by atoms with van der Waals surface area (Å²) in [5.74, 6) is 0.672. The van der Waals surface area contributed by atoms with E-state index in [2.05, 4.69) is 21.5 Å². The Kier molecular flexibility index (Phi) is 2.96. The molecule has 1 heterocycles. The van der Waals surface area contributed by atoms with Crippen LogP contribution in [0.1, 0.15) is 5.82 Å². The fraction of sp³-hybridized carbons (Fsp3) is 0.0909. The highest BCUT2D eigenvalue weighted by Crippen LogP contribution is 2.18. The minimum atomic E-state index is 0.615. The summed E-state index contributed by atoms with van der Waals surface area (Å²) in [5, 5.41) is 0. The molecule has 3 N–H and O–H groups in total. The van der Waals surface area contributed by atoms with Crippen LogP contribution in [0.2, 0.25) is 0 Å². The van der Waals surface area contributed by atoms with Crippen molar-refractivity contribution in [2.24, 2.45) is 4.99 Å². The van der Waals surface area contributed by atoms with E-state index in [1.807, 2.05) is 24.5 Å². The second-order valence-corrected chi connectivity index (χ2v) is 3.96. The van der Waals surface area contributed by atoms with E-state index in [1.165, 1.54) is 11.8 Å². The first-order chi connectivity index (χ1) is 7.70. The lowest BCUT2D eigenvalue weighted by molar-refractivity contribution is 1.25. The van der Waals surface area contributed by atoms with Gasteiger partial charge in [-0.15, -0.1) is 11.8 Å². The van der Waals surface area contributed by atoms with Crippen LogP contribution < -0.4 is 5.73 Å². The van der Waals surface area contributed by atoms with Gasteiger partial charge in [0.1, 0.15) is 0 Å². The summed E-state index contributed by atoms with van der Waals surface area (Å²) in [4.78, 5) is 11.7. The number of anilines is 1. The van der Waals surface area contributed by atoms with Gasteiger partial charge < -0.3 is 10.7 Å². The highest BCUT2D eigenvalue weighted by Gasteiger charge is 2.04. The quantitative estimate of drug-likeness (QED) is 0.485. The van der Waals surface area contributed by atoms with E-state index >= 15 is 0 Å². The fourth-order valence-corrected chi connectivity index (χ4v) is 1.57. The number of nitrogens with zero attached hydrogens (tertiary/aromatic N) is 2. The number of rotatable bonds is 3. The molecule has 5 heteroatoms. The molecule has 82 valence electrons. The number of aromatic amines is 1. The average molecular weight is 232 g/mol. The zero-order valence-corrected chi connectivity index (χ0v) is 9.71. The lowest BCUT2D eigenvalue weighted by atomic mass is 10.3. The molecule has 0 unspecified atom stereocenters. The van der Waals surface area contributed by atoms with Crippen LogP contribution >= 0.6 is 11.8 Å². The number of imidazole rings is 1. The smallest absolute Gasteiger partial charge is 0.156 e. The number of fused-ring (bicyclic) bond motifs is 1. The predicted molar refractivity (Wildman–Crippen MR) is 71.5 cm³/mol. The van der Waals surface area contributed by atoms with Crippen LogP contribution in [0.25, 0.3) is 16.7 Å². The van der Waals surface area contributed by atoms with E-state index in [-0.39, 0.29) is 0 Å². The van der Waals surface area contributed by atoms with Crippen LogP contribution in [0.15, 0.2) is 29.8 Å². The third-order valence-corrected chi connectivity index (χ3v) is 2.41. The zero-order chi connectivity index (χ0) is 11.5. The highest BCUT2D eigenvalue weighted by atomic mass is 32.2. The minimum absolute atomic E-state index is 0.615. The number of hydrogen-bond donors (Lipinski definition) is 2. The van der Waals surface area contributed by atoms with E-state index in [0.29, 0.717) is 17.2 Å². The Morgan fingerprint density at radius 3 is 3.19 bits per heavy atom. The predicted octanol–water partition coefficient (Wildman–Crippen LogP) is 2.51. The lowest BCUT2D eigenvalue weighted by Gasteiger charge is -1.91. The van der Waals surface area contributed by atoms with Crippen molar-refractivity contribution in [2.45, 2.75) is 0 Å². The molecule has 0 radical (unpaired) electrons. The molecule has 0 aliphatic heterocycles. The molecule has 0 atom stereocenters. The number of nitrogen functional groups attached to an aromatic ring is 1. The van der Waals surface area contributed by atoms with Crippen LogP contribution in [0.4, 0.5) is 5.69 Å². The monoisotopic (exact) mass is 232 g/mol. The topological polar surface area (TPSA) is 67.1 Å². The first-order valence-corrected chi connectivity index (χ1v) is 5.99. The normalized spacial score (nSPS) is 11.3. The average Bonchev–Trinajstić information content (AvgIpc) is 2.68. The van der Waals surface area contributed by atoms with Gasteiger partial charge in [-0.3, -0.25) is 0 Å². The van der Waals surface area contributed by atoms with Gasteiger partial charge in [-0.1, -0.05) is 6.58 Å². The Morgan fingerprint density at radius 2 is 2.44 bits per heavy atom. The highest BCUT2D eigenvalue weighted by molar-refractivity contribution is 8.11. The summed E-state index contributed by atoms with van der Waals surface area (Å²) in [6, 6.07) is 5.54. The van der Waals surface area contributed by atoms with E-state index in [1.54, 1.807) is 5.55 Å². The molecular formula is C11H12N4S. The zero-order valence-electron chi connectivity index (χ0n) is 8.90. The van der Waals surface area contributed by atoms with Crippen molar-refractivity contribution in [1.29, 1.82) is 0 Å². The fourth-order valence-electron chi connectivity index (χ4n) is 1.34. The third-order valence-electron chi connectivity index (χ3n) is 2.09. The van der Waals surface area contributed by atoms with Gasteiger partial charge in [0.15, 0.2) is 5.82 Å². The van der Waals surface area contributed by atoms with Crippen LogP contribution in [-0.4, -0.2) is 21.8 Å². The minimum Gasteiger partial charge on any atom is -0.399 e. The van der Waals surface area contributed by atoms with Gasteiger partial charge in [-0.25, -0.2) is 9.98 Å². The molecule has 0 aliphatic carbocycles. The van der Waals surface area contributed by atoms with E-state index < -0.39 is 0 Å². The van der Waals surface area contributed by atoms with E-state index in [9.17, 15) is 0 Å². The summed E-state index contributed by atoms with van der Waals surface area (Å²) in [6.07, 6.45) is 1.94. The molecular weight excluding hydrogens is 220 g/mol. The molecule has 0 saturated carbocycles. The molecule has 16 heavy (non-hydrogen) atoms. The van der Waals surface area contributed by atoms with E-state index in [4.69, 9.17) is 5.73 Å². The summed E-state index contributed by atoms with van der Waals surface area (Å²) >= 11 is 1.52. The van der Waals surface area contributed by atoms with Gasteiger partial charge in [0.2, 0.25) is 0 Å². The molecule has 0 amide bonds. The number of aromatic nitrogens is 2. The molecule has 2 rings (SSSR count). The molecule has 0 saturated heterocycles. The number of aliphatic imine (C=N–C) groups is 1.